The van der Waals surface area contributed by atoms with E-state index in [2.05, 4.69) is 80.6 Å². The van der Waals surface area contributed by atoms with Crippen molar-refractivity contribution < 1.29 is 33.4 Å². The number of carbonyl (C=O) groups is 4. The molecule has 4 N–H and O–H groups in total. The summed E-state index contributed by atoms with van der Waals surface area (Å²) in [5, 5.41) is 6.56. The fourth-order valence-electron chi connectivity index (χ4n) is 10.3. The minimum atomic E-state index is -0.717. The number of thiophene rings is 1. The smallest absolute Gasteiger partial charge is 0.407 e. The van der Waals surface area contributed by atoms with Crippen LogP contribution in [-0.2, 0) is 19.1 Å². The lowest BCUT2D eigenvalue weighted by Gasteiger charge is -2.30. The Kier molecular flexibility index (Phi) is 12.0. The largest absolute Gasteiger partial charge is 0.464 e. The van der Waals surface area contributed by atoms with Crippen LogP contribution in [0.1, 0.15) is 117 Å². The first-order valence-electron chi connectivity index (χ1n) is 23.8. The van der Waals surface area contributed by atoms with Gasteiger partial charge in [0.25, 0.3) is 0 Å². The van der Waals surface area contributed by atoms with Gasteiger partial charge < -0.3 is 44.6 Å². The van der Waals surface area contributed by atoms with Crippen molar-refractivity contribution in [1.82, 2.24) is 44.9 Å². The van der Waals surface area contributed by atoms with Crippen LogP contribution in [0.25, 0.3) is 44.7 Å². The van der Waals surface area contributed by atoms with Crippen molar-refractivity contribution in [2.24, 2.45) is 11.8 Å². The second kappa shape index (κ2) is 18.1. The summed E-state index contributed by atoms with van der Waals surface area (Å²) < 4.78 is 19.1. The molecule has 0 spiro atoms. The van der Waals surface area contributed by atoms with Crippen LogP contribution in [0.4, 0.5) is 9.59 Å². The maximum atomic E-state index is 13.9. The molecule has 68 heavy (non-hydrogen) atoms. The van der Waals surface area contributed by atoms with E-state index in [1.54, 1.807) is 0 Å². The first-order valence-corrected chi connectivity index (χ1v) is 24.6. The molecule has 10 rings (SSSR count). The molecule has 1 unspecified atom stereocenters. The first-order chi connectivity index (χ1) is 32.8. The van der Waals surface area contributed by atoms with E-state index in [1.165, 1.54) is 31.9 Å². The van der Waals surface area contributed by atoms with Crippen molar-refractivity contribution in [3.05, 3.63) is 87.9 Å². The van der Waals surface area contributed by atoms with Crippen LogP contribution in [0.2, 0.25) is 0 Å². The van der Waals surface area contributed by atoms with Crippen molar-refractivity contribution in [3.8, 4) is 39.5 Å². The Morgan fingerprint density at radius 2 is 1.28 bits per heavy atom. The van der Waals surface area contributed by atoms with Gasteiger partial charge >= 0.3 is 12.2 Å². The lowest BCUT2D eigenvalue weighted by atomic mass is 10.0. The third kappa shape index (κ3) is 8.17. The van der Waals surface area contributed by atoms with Crippen molar-refractivity contribution in [1.29, 1.82) is 0 Å². The number of methoxy groups -OCH3 is 2. The zero-order valence-corrected chi connectivity index (χ0v) is 40.4. The number of hydrogen-bond donors (Lipinski definition) is 4. The second-order valence-electron chi connectivity index (χ2n) is 19.2. The Morgan fingerprint density at radius 3 is 1.82 bits per heavy atom. The number of H-pyrrole nitrogens is 2. The number of alkyl carbamates (subject to hydrolysis) is 2. The Bertz CT molecular complexity index is 2910. The van der Waals surface area contributed by atoms with Crippen LogP contribution in [0, 0.1) is 18.8 Å². The normalized spacial score (nSPS) is 19.8. The van der Waals surface area contributed by atoms with E-state index < -0.39 is 30.5 Å². The molecule has 0 radical (unpaired) electrons. The molecular formula is C51H59N9O7S. The van der Waals surface area contributed by atoms with Crippen LogP contribution in [0.5, 0.6) is 5.75 Å². The molecule has 4 amide bonds. The summed E-state index contributed by atoms with van der Waals surface area (Å²) in [5.74, 6) is 2.25. The van der Waals surface area contributed by atoms with Gasteiger partial charge in [-0.15, -0.1) is 11.3 Å². The van der Waals surface area contributed by atoms with Crippen LogP contribution >= 0.6 is 11.3 Å². The number of fused-ring (bicyclic) bond motifs is 5. The average Bonchev–Trinajstić information content (AvgIpc) is 4.05. The number of aromatic amines is 2. The number of nitrogens with one attached hydrogen (secondary N) is 4. The molecule has 5 atom stereocenters. The van der Waals surface area contributed by atoms with E-state index in [0.717, 1.165) is 86.5 Å². The third-order valence-corrected chi connectivity index (χ3v) is 15.4. The van der Waals surface area contributed by atoms with Crippen LogP contribution in [0.15, 0.2) is 60.9 Å². The molecule has 2 saturated heterocycles. The number of carbonyl (C=O) groups excluding carboxylic acids is 4. The number of hydrogen-bond acceptors (Lipinski definition) is 10. The predicted octanol–water partition coefficient (Wildman–Crippen LogP) is 9.36. The molecule has 4 aliphatic rings. The second-order valence-corrected chi connectivity index (χ2v) is 20.4. The van der Waals surface area contributed by atoms with Gasteiger partial charge in [-0.1, -0.05) is 39.8 Å². The molecule has 1 aliphatic carbocycles. The molecule has 7 heterocycles. The van der Waals surface area contributed by atoms with Gasteiger partial charge in [-0.2, -0.15) is 0 Å². The zero-order valence-electron chi connectivity index (χ0n) is 39.6. The van der Waals surface area contributed by atoms with Gasteiger partial charge in [0, 0.05) is 40.0 Å². The van der Waals surface area contributed by atoms with Crippen molar-refractivity contribution in [3.63, 3.8) is 0 Å². The molecular weight excluding hydrogens is 883 g/mol. The maximum absolute atomic E-state index is 13.9. The predicted molar refractivity (Wildman–Crippen MR) is 258 cm³/mol. The quantitative estimate of drug-likeness (QED) is 0.0927. The summed E-state index contributed by atoms with van der Waals surface area (Å²) in [6.07, 6.45) is 7.61. The van der Waals surface area contributed by atoms with E-state index in [4.69, 9.17) is 24.2 Å². The summed E-state index contributed by atoms with van der Waals surface area (Å²) in [6, 6.07) is 15.4. The van der Waals surface area contributed by atoms with Crippen LogP contribution in [0.3, 0.4) is 0 Å². The third-order valence-electron chi connectivity index (χ3n) is 14.1. The topological polar surface area (TPSA) is 189 Å². The number of imidazole rings is 2. The SMILES string of the molecule is COC(=O)N[C@H](C(=O)N1CCC[C@@H]1c1ncc(-c2ccc3c(c2)OC(c2ccc(C4CC4)s2)n2c-3c(C)c3cc(-c4cnc([C@@H]5CCCN5C(=O)[C@H](NC(=O)OC)C(C)C)[nH]4)ccc32)[nH]1)C(C)C. The van der Waals surface area contributed by atoms with Crippen molar-refractivity contribution in [2.75, 3.05) is 27.3 Å². The number of benzene rings is 2. The minimum Gasteiger partial charge on any atom is -0.464 e. The fraction of sp³-hybridized carbons (Fsp3) is 0.451. The first kappa shape index (κ1) is 45.2. The number of aryl methyl sites for hydroxylation is 1. The highest BCUT2D eigenvalue weighted by Crippen LogP contribution is 2.51. The van der Waals surface area contributed by atoms with Crippen LogP contribution in [-0.4, -0.2) is 97.7 Å². The average molecular weight is 942 g/mol. The van der Waals surface area contributed by atoms with Gasteiger partial charge in [-0.05, 0) is 105 Å². The van der Waals surface area contributed by atoms with E-state index >= 15 is 0 Å². The van der Waals surface area contributed by atoms with Crippen molar-refractivity contribution >= 4 is 46.2 Å². The standard InChI is InChI=1S/C51H59N9O7S/c1-26(2)42(56-50(63)65-6)47(61)58-20-8-10-37(58)45-52-24-34(54-45)30-15-17-36-33(22-30)28(5)44-32-16-14-31(23-39(32)67-49(60(36)44)41-19-18-40(68-41)29-12-13-29)35-25-53-46(55-35)38-11-9-21-59(38)48(62)43(27(3)4)57-51(64)66-7/h14-19,22-27,29,37-38,42-43,49H,8-13,20-21H2,1-7H3,(H,52,54)(H,53,55)(H,56,63)(H,57,64)/t37-,38+,42+,43-,49?/m0/s1. The Balaban J connectivity index is 0.964. The summed E-state index contributed by atoms with van der Waals surface area (Å²) in [4.78, 5) is 74.9. The van der Waals surface area contributed by atoms with E-state index in [1.807, 2.05) is 61.2 Å². The lowest BCUT2D eigenvalue weighted by Crippen LogP contribution is -2.51. The number of amides is 4. The van der Waals surface area contributed by atoms with Gasteiger partial charge in [0.2, 0.25) is 18.0 Å². The molecule has 0 bridgehead atoms. The summed E-state index contributed by atoms with van der Waals surface area (Å²) in [5.41, 5.74) is 7.82. The van der Waals surface area contributed by atoms with Crippen molar-refractivity contribution in [2.45, 2.75) is 109 Å². The highest BCUT2D eigenvalue weighted by molar-refractivity contribution is 7.12. The molecule has 3 fully saturated rings. The van der Waals surface area contributed by atoms with E-state index in [0.29, 0.717) is 30.7 Å². The molecule has 4 aromatic heterocycles. The van der Waals surface area contributed by atoms with Gasteiger partial charge in [0.05, 0.1) is 66.2 Å². The minimum absolute atomic E-state index is 0.126. The van der Waals surface area contributed by atoms with Gasteiger partial charge in [-0.3, -0.25) is 14.2 Å². The molecule has 2 aromatic carbocycles. The molecule has 6 aromatic rings. The van der Waals surface area contributed by atoms with Gasteiger partial charge in [0.1, 0.15) is 29.5 Å². The fourth-order valence-corrected chi connectivity index (χ4v) is 11.5. The van der Waals surface area contributed by atoms with Crippen LogP contribution < -0.4 is 15.4 Å². The monoisotopic (exact) mass is 941 g/mol. The lowest BCUT2D eigenvalue weighted by molar-refractivity contribution is -0.136. The number of likely N-dealkylation sites (tertiary alicyclic amines) is 2. The Hall–Kier alpha value is -6.62. The Morgan fingerprint density at radius 1 is 0.735 bits per heavy atom. The number of ether oxygens (including phenoxy) is 3. The van der Waals surface area contributed by atoms with E-state index in [9.17, 15) is 19.2 Å². The molecule has 1 saturated carbocycles. The number of rotatable bonds is 12. The maximum Gasteiger partial charge on any atom is 0.407 e. The molecule has 16 nitrogen and oxygen atoms in total. The molecule has 356 valence electrons. The molecule has 17 heteroatoms. The summed E-state index contributed by atoms with van der Waals surface area (Å²) in [7, 11) is 2.59. The number of nitrogens with zero attached hydrogens (tertiary/aromatic N) is 5. The number of aromatic nitrogens is 5. The van der Waals surface area contributed by atoms with Gasteiger partial charge in [0.15, 0.2) is 0 Å². The Labute approximate surface area is 399 Å². The highest BCUT2D eigenvalue weighted by Gasteiger charge is 2.40. The van der Waals surface area contributed by atoms with Gasteiger partial charge in [-0.25, -0.2) is 19.6 Å². The van der Waals surface area contributed by atoms with E-state index in [-0.39, 0.29) is 35.7 Å². The molecule has 3 aliphatic heterocycles. The summed E-state index contributed by atoms with van der Waals surface area (Å²) >= 11 is 1.83. The summed E-state index contributed by atoms with van der Waals surface area (Å²) in [6.45, 7) is 11.0. The highest BCUT2D eigenvalue weighted by atomic mass is 32.1. The zero-order chi connectivity index (χ0) is 47.5.